The molecule has 2 aromatic carbocycles. The van der Waals surface area contributed by atoms with Gasteiger partial charge in [0.1, 0.15) is 5.75 Å². The smallest absolute Gasteiger partial charge is 0.124 e. The molecule has 2 nitrogen and oxygen atoms in total. The Hall–Kier alpha value is -1.96. The fourth-order valence-electron chi connectivity index (χ4n) is 2.84. The molecule has 21 heavy (non-hydrogen) atoms. The second-order valence-corrected chi connectivity index (χ2v) is 5.67. The molecule has 0 saturated carbocycles. The Morgan fingerprint density at radius 2 is 1.90 bits per heavy atom. The first-order valence-corrected chi connectivity index (χ1v) is 7.94. The number of aryl methyl sites for hydroxylation is 1. The summed E-state index contributed by atoms with van der Waals surface area (Å²) < 4.78 is 5.71. The maximum absolute atomic E-state index is 5.71. The average molecular weight is 281 g/mol. The van der Waals surface area contributed by atoms with Crippen molar-refractivity contribution in [3.8, 4) is 5.75 Å². The third kappa shape index (κ3) is 3.38. The molecule has 1 N–H and O–H groups in total. The van der Waals surface area contributed by atoms with Crippen LogP contribution >= 0.6 is 0 Å². The number of nitrogens with one attached hydrogen (secondary N) is 1. The van der Waals surface area contributed by atoms with Gasteiger partial charge in [0.05, 0.1) is 12.6 Å². The van der Waals surface area contributed by atoms with Gasteiger partial charge in [0.15, 0.2) is 0 Å². The van der Waals surface area contributed by atoms with Crippen LogP contribution in [0.3, 0.4) is 0 Å². The summed E-state index contributed by atoms with van der Waals surface area (Å²) in [6.45, 7) is 3.02. The maximum atomic E-state index is 5.71. The van der Waals surface area contributed by atoms with Crippen LogP contribution < -0.4 is 10.1 Å². The molecule has 1 heterocycles. The summed E-state index contributed by atoms with van der Waals surface area (Å²) in [5.74, 6) is 1.01. The van der Waals surface area contributed by atoms with Crippen molar-refractivity contribution in [2.75, 3.05) is 11.9 Å². The molecule has 0 fully saturated rings. The van der Waals surface area contributed by atoms with Crippen LogP contribution in [0.1, 0.15) is 43.4 Å². The van der Waals surface area contributed by atoms with E-state index in [2.05, 4.69) is 54.7 Å². The lowest BCUT2D eigenvalue weighted by atomic mass is 10.00. The zero-order chi connectivity index (χ0) is 14.5. The summed E-state index contributed by atoms with van der Waals surface area (Å²) in [7, 11) is 0. The van der Waals surface area contributed by atoms with Crippen molar-refractivity contribution < 1.29 is 4.74 Å². The molecule has 1 unspecified atom stereocenters. The Labute approximate surface area is 127 Å². The van der Waals surface area contributed by atoms with Gasteiger partial charge in [-0.1, -0.05) is 43.7 Å². The van der Waals surface area contributed by atoms with Crippen molar-refractivity contribution in [3.05, 3.63) is 59.7 Å². The summed E-state index contributed by atoms with van der Waals surface area (Å²) in [5, 5.41) is 3.64. The van der Waals surface area contributed by atoms with Crippen LogP contribution in [0.2, 0.25) is 0 Å². The molecule has 2 heteroatoms. The first-order valence-electron chi connectivity index (χ1n) is 7.94. The molecular formula is C19H23NO. The molecule has 0 saturated heterocycles. The van der Waals surface area contributed by atoms with Gasteiger partial charge in [-0.3, -0.25) is 0 Å². The van der Waals surface area contributed by atoms with E-state index >= 15 is 0 Å². The van der Waals surface area contributed by atoms with E-state index in [1.165, 1.54) is 36.1 Å². The van der Waals surface area contributed by atoms with Crippen LogP contribution in [0.4, 0.5) is 5.69 Å². The highest BCUT2D eigenvalue weighted by Crippen LogP contribution is 2.33. The summed E-state index contributed by atoms with van der Waals surface area (Å²) in [4.78, 5) is 0. The predicted octanol–water partition coefficient (Wildman–Crippen LogP) is 4.96. The van der Waals surface area contributed by atoms with Gasteiger partial charge in [-0.2, -0.15) is 0 Å². The highest BCUT2D eigenvalue weighted by atomic mass is 16.5. The van der Waals surface area contributed by atoms with Crippen LogP contribution in [-0.4, -0.2) is 6.61 Å². The minimum Gasteiger partial charge on any atom is -0.493 e. The number of unbranched alkanes of at least 4 members (excludes halogenated alkanes) is 1. The topological polar surface area (TPSA) is 21.3 Å². The van der Waals surface area contributed by atoms with E-state index in [1.54, 1.807) is 0 Å². The first kappa shape index (κ1) is 14.0. The van der Waals surface area contributed by atoms with Crippen molar-refractivity contribution in [2.45, 2.75) is 38.6 Å². The Balaban J connectivity index is 1.70. The molecule has 0 radical (unpaired) electrons. The van der Waals surface area contributed by atoms with E-state index in [0.717, 1.165) is 18.8 Å². The number of rotatable bonds is 5. The average Bonchev–Trinajstić information content (AvgIpc) is 2.55. The summed E-state index contributed by atoms with van der Waals surface area (Å²) in [6.07, 6.45) is 4.70. The van der Waals surface area contributed by atoms with Crippen molar-refractivity contribution in [3.63, 3.8) is 0 Å². The number of para-hydroxylation sites is 1. The lowest BCUT2D eigenvalue weighted by molar-refractivity contribution is 0.274. The lowest BCUT2D eigenvalue weighted by Gasteiger charge is -2.27. The van der Waals surface area contributed by atoms with E-state index in [1.807, 2.05) is 6.07 Å². The Morgan fingerprint density at radius 1 is 1.10 bits per heavy atom. The SMILES string of the molecule is CCCCc1ccc(NC2CCOc3ccccc32)cc1. The number of ether oxygens (including phenoxy) is 1. The van der Waals surface area contributed by atoms with Crippen molar-refractivity contribution in [1.29, 1.82) is 0 Å². The fraction of sp³-hybridized carbons (Fsp3) is 0.368. The third-order valence-corrected chi connectivity index (χ3v) is 4.07. The first-order chi connectivity index (χ1) is 10.4. The van der Waals surface area contributed by atoms with E-state index in [9.17, 15) is 0 Å². The van der Waals surface area contributed by atoms with Gasteiger partial charge < -0.3 is 10.1 Å². The van der Waals surface area contributed by atoms with E-state index in [0.29, 0.717) is 6.04 Å². The van der Waals surface area contributed by atoms with Crippen LogP contribution in [0.25, 0.3) is 0 Å². The van der Waals surface area contributed by atoms with E-state index in [4.69, 9.17) is 4.74 Å². The molecule has 110 valence electrons. The van der Waals surface area contributed by atoms with Crippen LogP contribution in [-0.2, 0) is 6.42 Å². The van der Waals surface area contributed by atoms with Gasteiger partial charge in [-0.05, 0) is 36.6 Å². The van der Waals surface area contributed by atoms with Crippen molar-refractivity contribution >= 4 is 5.69 Å². The van der Waals surface area contributed by atoms with Gasteiger partial charge in [0.25, 0.3) is 0 Å². The van der Waals surface area contributed by atoms with Gasteiger partial charge in [0.2, 0.25) is 0 Å². The monoisotopic (exact) mass is 281 g/mol. The van der Waals surface area contributed by atoms with Gasteiger partial charge in [-0.15, -0.1) is 0 Å². The fourth-order valence-corrected chi connectivity index (χ4v) is 2.84. The molecule has 1 atom stereocenters. The molecule has 0 spiro atoms. The highest BCUT2D eigenvalue weighted by molar-refractivity contribution is 5.49. The number of anilines is 1. The summed E-state index contributed by atoms with van der Waals surface area (Å²) in [6, 6.07) is 17.5. The van der Waals surface area contributed by atoms with Gasteiger partial charge in [0, 0.05) is 17.7 Å². The number of fused-ring (bicyclic) bond motifs is 1. The van der Waals surface area contributed by atoms with Gasteiger partial charge >= 0.3 is 0 Å². The molecule has 0 amide bonds. The third-order valence-electron chi connectivity index (χ3n) is 4.07. The van der Waals surface area contributed by atoms with Crippen LogP contribution in [0, 0.1) is 0 Å². The molecule has 1 aliphatic heterocycles. The summed E-state index contributed by atoms with van der Waals surface area (Å²) in [5.41, 5.74) is 3.88. The molecule has 1 aliphatic rings. The maximum Gasteiger partial charge on any atom is 0.124 e. The summed E-state index contributed by atoms with van der Waals surface area (Å²) >= 11 is 0. The minimum absolute atomic E-state index is 0.344. The van der Waals surface area contributed by atoms with Crippen LogP contribution in [0.15, 0.2) is 48.5 Å². The molecule has 0 aliphatic carbocycles. The Bertz CT molecular complexity index is 576. The molecule has 0 bridgehead atoms. The molecule has 0 aromatic heterocycles. The van der Waals surface area contributed by atoms with Crippen molar-refractivity contribution in [2.24, 2.45) is 0 Å². The lowest BCUT2D eigenvalue weighted by Crippen LogP contribution is -2.20. The standard InChI is InChI=1S/C19H23NO/c1-2-3-6-15-9-11-16(12-10-15)20-18-13-14-21-19-8-5-4-7-17(18)19/h4-5,7-12,18,20H,2-3,6,13-14H2,1H3. The Morgan fingerprint density at radius 3 is 2.71 bits per heavy atom. The highest BCUT2D eigenvalue weighted by Gasteiger charge is 2.20. The zero-order valence-electron chi connectivity index (χ0n) is 12.6. The normalized spacial score (nSPS) is 16.9. The molecule has 2 aromatic rings. The Kier molecular flexibility index (Phi) is 4.44. The molecule has 3 rings (SSSR count). The number of hydrogen-bond donors (Lipinski definition) is 1. The minimum atomic E-state index is 0.344. The van der Waals surface area contributed by atoms with Crippen molar-refractivity contribution in [1.82, 2.24) is 0 Å². The predicted molar refractivity (Wildman–Crippen MR) is 88.0 cm³/mol. The van der Waals surface area contributed by atoms with Crippen LogP contribution in [0.5, 0.6) is 5.75 Å². The van der Waals surface area contributed by atoms with E-state index in [-0.39, 0.29) is 0 Å². The second-order valence-electron chi connectivity index (χ2n) is 5.67. The van der Waals surface area contributed by atoms with Gasteiger partial charge in [-0.25, -0.2) is 0 Å². The zero-order valence-corrected chi connectivity index (χ0v) is 12.6. The second kappa shape index (κ2) is 6.66. The molecular weight excluding hydrogens is 258 g/mol. The quantitative estimate of drug-likeness (QED) is 0.836. The largest absolute Gasteiger partial charge is 0.493 e. The number of hydrogen-bond acceptors (Lipinski definition) is 2. The number of benzene rings is 2. The van der Waals surface area contributed by atoms with E-state index < -0.39 is 0 Å².